The third-order valence-electron chi connectivity index (χ3n) is 2.98. The lowest BCUT2D eigenvalue weighted by Gasteiger charge is -2.20. The van der Waals surface area contributed by atoms with Gasteiger partial charge in [0.25, 0.3) is 5.91 Å². The highest BCUT2D eigenvalue weighted by molar-refractivity contribution is 6.06. The minimum absolute atomic E-state index is 0.296. The molecule has 3 amide bonds. The number of imide groups is 1. The minimum Gasteiger partial charge on any atom is -0.377 e. The van der Waals surface area contributed by atoms with Crippen LogP contribution in [0.3, 0.4) is 0 Å². The highest BCUT2D eigenvalue weighted by Gasteiger charge is 2.41. The van der Waals surface area contributed by atoms with E-state index in [0.717, 1.165) is 5.56 Å². The molecule has 5 nitrogen and oxygen atoms in total. The Morgan fingerprint density at radius 1 is 1.22 bits per heavy atom. The molecular weight excluding hydrogens is 232 g/mol. The largest absolute Gasteiger partial charge is 0.377 e. The number of ether oxygens (including phenoxy) is 1. The summed E-state index contributed by atoms with van der Waals surface area (Å²) in [5, 5.41) is 4.82. The highest BCUT2D eigenvalue weighted by Crippen LogP contribution is 2.14. The van der Waals surface area contributed by atoms with Crippen LogP contribution in [0.1, 0.15) is 18.9 Å². The molecule has 1 aliphatic heterocycles. The zero-order valence-corrected chi connectivity index (χ0v) is 10.2. The summed E-state index contributed by atoms with van der Waals surface area (Å²) in [7, 11) is 0. The minimum atomic E-state index is -0.853. The Morgan fingerprint density at radius 3 is 2.56 bits per heavy atom. The lowest BCUT2D eigenvalue weighted by Crippen LogP contribution is -2.44. The molecule has 1 aromatic carbocycles. The number of urea groups is 1. The fourth-order valence-electron chi connectivity index (χ4n) is 1.80. The van der Waals surface area contributed by atoms with Gasteiger partial charge in [0.2, 0.25) is 0 Å². The molecule has 96 valence electrons. The van der Waals surface area contributed by atoms with Gasteiger partial charge in [-0.25, -0.2) is 4.79 Å². The molecule has 1 aromatic rings. The molecule has 1 atom stereocenters. The Bertz CT molecular complexity index is 447. The molecule has 5 heteroatoms. The van der Waals surface area contributed by atoms with Gasteiger partial charge in [-0.2, -0.15) is 0 Å². The number of carbonyl (C=O) groups excluding carboxylic acids is 2. The molecule has 0 radical (unpaired) electrons. The predicted molar refractivity (Wildman–Crippen MR) is 65.8 cm³/mol. The molecule has 0 spiro atoms. The molecule has 0 aromatic heterocycles. The molecule has 1 fully saturated rings. The first-order chi connectivity index (χ1) is 8.60. The Kier molecular flexibility index (Phi) is 3.62. The molecule has 1 aliphatic rings. The van der Waals surface area contributed by atoms with E-state index in [9.17, 15) is 9.59 Å². The van der Waals surface area contributed by atoms with Crippen molar-refractivity contribution >= 4 is 11.9 Å². The SMILES string of the molecule is CC1(CCOCc2ccccc2)NC(=O)NC1=O. The van der Waals surface area contributed by atoms with Crippen molar-refractivity contribution in [3.8, 4) is 0 Å². The summed E-state index contributed by atoms with van der Waals surface area (Å²) in [6, 6.07) is 9.36. The lowest BCUT2D eigenvalue weighted by atomic mass is 9.99. The van der Waals surface area contributed by atoms with Crippen LogP contribution in [0.2, 0.25) is 0 Å². The van der Waals surface area contributed by atoms with Crippen molar-refractivity contribution in [2.45, 2.75) is 25.5 Å². The molecule has 0 aliphatic carbocycles. The molecule has 0 saturated carbocycles. The van der Waals surface area contributed by atoms with Crippen molar-refractivity contribution < 1.29 is 14.3 Å². The zero-order chi connectivity index (χ0) is 13.0. The lowest BCUT2D eigenvalue weighted by molar-refractivity contribution is -0.124. The number of hydrogen-bond acceptors (Lipinski definition) is 3. The predicted octanol–water partition coefficient (Wildman–Crippen LogP) is 1.19. The summed E-state index contributed by atoms with van der Waals surface area (Å²) < 4.78 is 5.50. The van der Waals surface area contributed by atoms with Gasteiger partial charge >= 0.3 is 6.03 Å². The normalized spacial score (nSPS) is 22.7. The summed E-state index contributed by atoms with van der Waals surface area (Å²) in [6.45, 7) is 2.62. The van der Waals surface area contributed by atoms with E-state index in [1.807, 2.05) is 30.3 Å². The van der Waals surface area contributed by atoms with E-state index in [4.69, 9.17) is 4.74 Å². The van der Waals surface area contributed by atoms with Gasteiger partial charge in [0.1, 0.15) is 5.54 Å². The van der Waals surface area contributed by atoms with Gasteiger partial charge in [-0.3, -0.25) is 10.1 Å². The van der Waals surface area contributed by atoms with E-state index in [2.05, 4.69) is 10.6 Å². The van der Waals surface area contributed by atoms with Crippen LogP contribution in [0.25, 0.3) is 0 Å². The molecule has 1 saturated heterocycles. The van der Waals surface area contributed by atoms with E-state index in [0.29, 0.717) is 19.6 Å². The van der Waals surface area contributed by atoms with E-state index >= 15 is 0 Å². The van der Waals surface area contributed by atoms with Crippen LogP contribution in [0.5, 0.6) is 0 Å². The first kappa shape index (κ1) is 12.6. The second kappa shape index (κ2) is 5.18. The molecule has 1 heterocycles. The van der Waals surface area contributed by atoms with Crippen LogP contribution in [-0.2, 0) is 16.1 Å². The van der Waals surface area contributed by atoms with Crippen molar-refractivity contribution in [1.82, 2.24) is 10.6 Å². The van der Waals surface area contributed by atoms with Crippen molar-refractivity contribution in [2.24, 2.45) is 0 Å². The van der Waals surface area contributed by atoms with Crippen molar-refractivity contribution in [2.75, 3.05) is 6.61 Å². The van der Waals surface area contributed by atoms with Crippen molar-refractivity contribution in [1.29, 1.82) is 0 Å². The maximum atomic E-state index is 11.5. The molecule has 18 heavy (non-hydrogen) atoms. The topological polar surface area (TPSA) is 67.4 Å². The number of rotatable bonds is 5. The Hall–Kier alpha value is -1.88. The van der Waals surface area contributed by atoms with E-state index in [1.165, 1.54) is 0 Å². The smallest absolute Gasteiger partial charge is 0.322 e. The summed E-state index contributed by atoms with van der Waals surface area (Å²) in [5.74, 6) is -0.296. The van der Waals surface area contributed by atoms with Crippen molar-refractivity contribution in [3.05, 3.63) is 35.9 Å². The number of nitrogens with one attached hydrogen (secondary N) is 2. The Labute approximate surface area is 106 Å². The number of carbonyl (C=O) groups is 2. The summed E-state index contributed by atoms with van der Waals surface area (Å²) in [6.07, 6.45) is 0.456. The van der Waals surface area contributed by atoms with Gasteiger partial charge in [-0.05, 0) is 12.5 Å². The first-order valence-electron chi connectivity index (χ1n) is 5.85. The molecule has 0 bridgehead atoms. The van der Waals surface area contributed by atoms with Gasteiger partial charge in [0.15, 0.2) is 0 Å². The second-order valence-corrected chi connectivity index (χ2v) is 4.53. The van der Waals surface area contributed by atoms with Crippen molar-refractivity contribution in [3.63, 3.8) is 0 Å². The fourth-order valence-corrected chi connectivity index (χ4v) is 1.80. The third kappa shape index (κ3) is 2.87. The monoisotopic (exact) mass is 248 g/mol. The molecular formula is C13H16N2O3. The zero-order valence-electron chi connectivity index (χ0n) is 10.2. The van der Waals surface area contributed by atoms with Gasteiger partial charge in [0, 0.05) is 13.0 Å². The van der Waals surface area contributed by atoms with Crippen LogP contribution in [-0.4, -0.2) is 24.1 Å². The van der Waals surface area contributed by atoms with Crippen LogP contribution < -0.4 is 10.6 Å². The van der Waals surface area contributed by atoms with Crippen LogP contribution in [0.15, 0.2) is 30.3 Å². The van der Waals surface area contributed by atoms with Gasteiger partial charge in [-0.1, -0.05) is 30.3 Å². The van der Waals surface area contributed by atoms with Gasteiger partial charge in [0.05, 0.1) is 6.61 Å². The quantitative estimate of drug-likeness (QED) is 0.607. The van der Waals surface area contributed by atoms with Gasteiger partial charge in [-0.15, -0.1) is 0 Å². The van der Waals surface area contributed by atoms with E-state index in [1.54, 1.807) is 6.92 Å². The maximum absolute atomic E-state index is 11.5. The molecule has 2 rings (SSSR count). The fraction of sp³-hybridized carbons (Fsp3) is 0.385. The van der Waals surface area contributed by atoms with Crippen LogP contribution in [0.4, 0.5) is 4.79 Å². The molecule has 2 N–H and O–H groups in total. The average molecular weight is 248 g/mol. The maximum Gasteiger partial charge on any atom is 0.322 e. The Balaban J connectivity index is 1.76. The first-order valence-corrected chi connectivity index (χ1v) is 5.85. The summed E-state index contributed by atoms with van der Waals surface area (Å²) in [4.78, 5) is 22.6. The standard InChI is InChI=1S/C13H16N2O3/c1-13(11(16)14-12(17)15-13)7-8-18-9-10-5-3-2-4-6-10/h2-6H,7-9H2,1H3,(H2,14,15,16,17). The summed E-state index contributed by atoms with van der Waals surface area (Å²) in [5.41, 5.74) is 0.232. The highest BCUT2D eigenvalue weighted by atomic mass is 16.5. The number of hydrogen-bond donors (Lipinski definition) is 2. The number of benzene rings is 1. The average Bonchev–Trinajstić information content (AvgIpc) is 2.60. The van der Waals surface area contributed by atoms with Gasteiger partial charge < -0.3 is 10.1 Å². The second-order valence-electron chi connectivity index (χ2n) is 4.53. The third-order valence-corrected chi connectivity index (χ3v) is 2.98. The molecule has 1 unspecified atom stereocenters. The van der Waals surface area contributed by atoms with Crippen LogP contribution in [0, 0.1) is 0 Å². The Morgan fingerprint density at radius 2 is 1.94 bits per heavy atom. The summed E-state index contributed by atoms with van der Waals surface area (Å²) >= 11 is 0. The van der Waals surface area contributed by atoms with Crippen LogP contribution >= 0.6 is 0 Å². The number of amides is 3. The van der Waals surface area contributed by atoms with E-state index in [-0.39, 0.29) is 5.91 Å². The van der Waals surface area contributed by atoms with E-state index < -0.39 is 11.6 Å².